The first-order chi connectivity index (χ1) is 12.3. The summed E-state index contributed by atoms with van der Waals surface area (Å²) < 4.78 is 0. The molecule has 0 spiro atoms. The smallest absolute Gasteiger partial charge is 0.322 e. The molecule has 1 aliphatic rings. The van der Waals surface area contributed by atoms with Crippen molar-refractivity contribution in [1.29, 1.82) is 0 Å². The van der Waals surface area contributed by atoms with Gasteiger partial charge in [-0.25, -0.2) is 0 Å². The highest BCUT2D eigenvalue weighted by Gasteiger charge is 2.22. The number of nitrogens with two attached hydrogens (primary N) is 1. The number of hydrogen-bond donors (Lipinski definition) is 6. The molecule has 7 N–H and O–H groups in total. The summed E-state index contributed by atoms with van der Waals surface area (Å²) in [7, 11) is 0. The van der Waals surface area contributed by atoms with Crippen LogP contribution in [-0.2, 0) is 24.0 Å². The molecule has 0 aromatic carbocycles. The highest BCUT2D eigenvalue weighted by atomic mass is 16.4. The van der Waals surface area contributed by atoms with Crippen LogP contribution in [0, 0.1) is 0 Å². The zero-order valence-electron chi connectivity index (χ0n) is 14.4. The minimum absolute atomic E-state index is 0.0982. The van der Waals surface area contributed by atoms with Gasteiger partial charge >= 0.3 is 5.97 Å². The van der Waals surface area contributed by atoms with Crippen LogP contribution in [0.2, 0.25) is 0 Å². The van der Waals surface area contributed by atoms with Crippen molar-refractivity contribution < 1.29 is 29.1 Å². The average molecular weight is 371 g/mol. The molecular formula is C15H25N5O6. The monoisotopic (exact) mass is 371 g/mol. The Morgan fingerprint density at radius 1 is 1.12 bits per heavy atom. The van der Waals surface area contributed by atoms with Crippen molar-refractivity contribution >= 4 is 29.6 Å². The zero-order chi connectivity index (χ0) is 19.5. The number of amides is 4. The molecule has 0 unspecified atom stereocenters. The maximum absolute atomic E-state index is 12.0. The van der Waals surface area contributed by atoms with E-state index in [4.69, 9.17) is 10.8 Å². The molecule has 11 heteroatoms. The summed E-state index contributed by atoms with van der Waals surface area (Å²) in [6.07, 6.45) is 1.62. The van der Waals surface area contributed by atoms with Crippen LogP contribution in [-0.4, -0.2) is 66.4 Å². The Balaban J connectivity index is 2.71. The lowest BCUT2D eigenvalue weighted by Crippen LogP contribution is -2.51. The summed E-state index contributed by atoms with van der Waals surface area (Å²) in [5.41, 5.74) is 5.67. The van der Waals surface area contributed by atoms with Gasteiger partial charge in [-0.2, -0.15) is 0 Å². The molecule has 1 rings (SSSR count). The van der Waals surface area contributed by atoms with Gasteiger partial charge in [0.05, 0.1) is 12.6 Å². The quantitative estimate of drug-likeness (QED) is 0.310. The minimum atomic E-state index is -1.20. The standard InChI is InChI=1S/C15H25N5O6/c16-9-4-5-11(21)17-6-2-1-3-10(15(26)19-8-13(23)24)20-12(22)7-18-14(9)25/h9-10H,1-8,16H2,(H,17,21)(H,18,25)(H,19,26)(H,20,22)(H,23,24)/t9-,10-/m0/s1. The Morgan fingerprint density at radius 3 is 2.54 bits per heavy atom. The molecule has 11 nitrogen and oxygen atoms in total. The number of carboxylic acid groups (broad SMARTS) is 1. The van der Waals surface area contributed by atoms with E-state index in [1.165, 1.54) is 0 Å². The lowest BCUT2D eigenvalue weighted by atomic mass is 10.1. The predicted octanol–water partition coefficient (Wildman–Crippen LogP) is -2.80. The van der Waals surface area contributed by atoms with Crippen molar-refractivity contribution in [1.82, 2.24) is 21.3 Å². The first-order valence-corrected chi connectivity index (χ1v) is 8.38. The third-order valence-electron chi connectivity index (χ3n) is 3.75. The molecule has 0 bridgehead atoms. The van der Waals surface area contributed by atoms with Crippen molar-refractivity contribution in [3.63, 3.8) is 0 Å². The van der Waals surface area contributed by atoms with Gasteiger partial charge in [0.2, 0.25) is 23.6 Å². The van der Waals surface area contributed by atoms with Crippen LogP contribution in [0.5, 0.6) is 0 Å². The lowest BCUT2D eigenvalue weighted by Gasteiger charge is -2.18. The first kappa shape index (κ1) is 21.4. The number of carboxylic acids is 1. The van der Waals surface area contributed by atoms with Crippen LogP contribution in [0.4, 0.5) is 0 Å². The van der Waals surface area contributed by atoms with Gasteiger partial charge in [0.1, 0.15) is 12.6 Å². The fourth-order valence-electron chi connectivity index (χ4n) is 2.31. The van der Waals surface area contributed by atoms with E-state index in [0.717, 1.165) is 0 Å². The number of carbonyl (C=O) groups excluding carboxylic acids is 4. The van der Waals surface area contributed by atoms with Crippen molar-refractivity contribution in [2.45, 2.75) is 44.2 Å². The first-order valence-electron chi connectivity index (χ1n) is 8.38. The van der Waals surface area contributed by atoms with Crippen molar-refractivity contribution in [3.8, 4) is 0 Å². The second kappa shape index (κ2) is 11.0. The molecule has 146 valence electrons. The van der Waals surface area contributed by atoms with E-state index < -0.39 is 42.3 Å². The Bertz CT molecular complexity index is 553. The summed E-state index contributed by atoms with van der Waals surface area (Å²) in [5.74, 6) is -3.23. The summed E-state index contributed by atoms with van der Waals surface area (Å²) in [5, 5.41) is 18.3. The fraction of sp³-hybridized carbons (Fsp3) is 0.667. The van der Waals surface area contributed by atoms with Gasteiger partial charge < -0.3 is 32.1 Å². The summed E-state index contributed by atoms with van der Waals surface area (Å²) in [6, 6.07) is -1.86. The molecule has 0 radical (unpaired) electrons. The molecule has 0 aromatic heterocycles. The molecule has 4 amide bonds. The Morgan fingerprint density at radius 2 is 1.85 bits per heavy atom. The highest BCUT2D eigenvalue weighted by Crippen LogP contribution is 2.02. The van der Waals surface area contributed by atoms with Crippen molar-refractivity contribution in [2.24, 2.45) is 5.73 Å². The van der Waals surface area contributed by atoms with E-state index in [0.29, 0.717) is 19.4 Å². The number of rotatable bonds is 3. The van der Waals surface area contributed by atoms with Crippen molar-refractivity contribution in [3.05, 3.63) is 0 Å². The average Bonchev–Trinajstić information content (AvgIpc) is 2.60. The number of aliphatic carboxylic acids is 1. The number of carbonyl (C=O) groups is 5. The molecule has 0 saturated carbocycles. The minimum Gasteiger partial charge on any atom is -0.480 e. The fourth-order valence-corrected chi connectivity index (χ4v) is 2.31. The molecule has 1 fully saturated rings. The molecule has 1 saturated heterocycles. The van der Waals surface area contributed by atoms with Crippen LogP contribution in [0.1, 0.15) is 32.1 Å². The van der Waals surface area contributed by atoms with Gasteiger partial charge in [0.15, 0.2) is 0 Å². The number of hydrogen-bond acceptors (Lipinski definition) is 6. The van der Waals surface area contributed by atoms with E-state index in [9.17, 15) is 24.0 Å². The largest absolute Gasteiger partial charge is 0.480 e. The van der Waals surface area contributed by atoms with E-state index in [1.807, 2.05) is 0 Å². The summed E-state index contributed by atoms with van der Waals surface area (Å²) in [6.45, 7) is -0.550. The van der Waals surface area contributed by atoms with Crippen LogP contribution >= 0.6 is 0 Å². The second-order valence-corrected chi connectivity index (χ2v) is 5.94. The van der Waals surface area contributed by atoms with Crippen LogP contribution < -0.4 is 27.0 Å². The third-order valence-corrected chi connectivity index (χ3v) is 3.75. The summed E-state index contributed by atoms with van der Waals surface area (Å²) >= 11 is 0. The maximum atomic E-state index is 12.0. The molecule has 0 aromatic rings. The molecule has 2 atom stereocenters. The van der Waals surface area contributed by atoms with Gasteiger partial charge in [0.25, 0.3) is 0 Å². The maximum Gasteiger partial charge on any atom is 0.322 e. The molecule has 1 aliphatic heterocycles. The lowest BCUT2D eigenvalue weighted by molar-refractivity contribution is -0.138. The van der Waals surface area contributed by atoms with Crippen LogP contribution in [0.15, 0.2) is 0 Å². The third kappa shape index (κ3) is 8.42. The molecular weight excluding hydrogens is 346 g/mol. The van der Waals surface area contributed by atoms with Gasteiger partial charge in [-0.05, 0) is 25.7 Å². The van der Waals surface area contributed by atoms with E-state index >= 15 is 0 Å². The second-order valence-electron chi connectivity index (χ2n) is 5.94. The predicted molar refractivity (Wildman–Crippen MR) is 89.7 cm³/mol. The Labute approximate surface area is 150 Å². The molecule has 1 heterocycles. The van der Waals surface area contributed by atoms with Crippen LogP contribution in [0.3, 0.4) is 0 Å². The normalized spacial score (nSPS) is 23.5. The molecule has 26 heavy (non-hydrogen) atoms. The van der Waals surface area contributed by atoms with Gasteiger partial charge in [-0.1, -0.05) is 0 Å². The van der Waals surface area contributed by atoms with E-state index in [1.54, 1.807) is 0 Å². The SMILES string of the molecule is N[C@H]1CCC(=O)NCCCC[C@@H](C(=O)NCC(=O)O)NC(=O)CNC1=O. The van der Waals surface area contributed by atoms with Crippen molar-refractivity contribution in [2.75, 3.05) is 19.6 Å². The topological polar surface area (TPSA) is 180 Å². The Kier molecular flexibility index (Phi) is 9.06. The number of nitrogens with one attached hydrogen (secondary N) is 4. The van der Waals surface area contributed by atoms with Crippen LogP contribution in [0.25, 0.3) is 0 Å². The van der Waals surface area contributed by atoms with Gasteiger partial charge in [-0.3, -0.25) is 24.0 Å². The summed E-state index contributed by atoms with van der Waals surface area (Å²) in [4.78, 5) is 58.0. The zero-order valence-corrected chi connectivity index (χ0v) is 14.4. The van der Waals surface area contributed by atoms with E-state index in [2.05, 4.69) is 21.3 Å². The van der Waals surface area contributed by atoms with E-state index in [-0.39, 0.29) is 31.7 Å². The highest BCUT2D eigenvalue weighted by molar-refractivity contribution is 5.92. The van der Waals surface area contributed by atoms with Gasteiger partial charge in [0, 0.05) is 13.0 Å². The van der Waals surface area contributed by atoms with Gasteiger partial charge in [-0.15, -0.1) is 0 Å². The Hall–Kier alpha value is -2.69. The molecule has 0 aliphatic carbocycles.